The molecule has 3 N–H and O–H groups in total. The second-order valence-electron chi connectivity index (χ2n) is 4.52. The molecule has 0 atom stereocenters. The number of carbonyl (C=O) groups is 1. The SMILES string of the molecule is O=C(O)Cc1cc(O)n(OS(=O)(=O)c2ccc(CBr)cc2)c1O. The molecule has 0 aliphatic rings. The first-order chi connectivity index (χ1) is 10.7. The van der Waals surface area contributed by atoms with Crippen molar-refractivity contribution in [3.05, 3.63) is 41.5 Å². The van der Waals surface area contributed by atoms with Gasteiger partial charge in [-0.15, -0.1) is 0 Å². The Morgan fingerprint density at radius 3 is 2.35 bits per heavy atom. The lowest BCUT2D eigenvalue weighted by Gasteiger charge is -2.09. The number of alkyl halides is 1. The highest BCUT2D eigenvalue weighted by Crippen LogP contribution is 2.28. The summed E-state index contributed by atoms with van der Waals surface area (Å²) in [5.41, 5.74) is 0.666. The molecule has 0 unspecified atom stereocenters. The van der Waals surface area contributed by atoms with Gasteiger partial charge < -0.3 is 15.3 Å². The third-order valence-electron chi connectivity index (χ3n) is 2.87. The van der Waals surface area contributed by atoms with Crippen molar-refractivity contribution < 1.29 is 32.8 Å². The van der Waals surface area contributed by atoms with Gasteiger partial charge in [0.25, 0.3) is 0 Å². The smallest absolute Gasteiger partial charge is 0.357 e. The van der Waals surface area contributed by atoms with Crippen LogP contribution in [-0.2, 0) is 26.7 Å². The first-order valence-electron chi connectivity index (χ1n) is 6.19. The molecule has 1 heterocycles. The van der Waals surface area contributed by atoms with Crippen LogP contribution < -0.4 is 4.28 Å². The average molecular weight is 406 g/mol. The van der Waals surface area contributed by atoms with Crippen molar-refractivity contribution in [3.8, 4) is 11.8 Å². The summed E-state index contributed by atoms with van der Waals surface area (Å²) in [5, 5.41) is 28.7. The molecule has 0 amide bonds. The van der Waals surface area contributed by atoms with Gasteiger partial charge in [-0.1, -0.05) is 32.8 Å². The zero-order chi connectivity index (χ0) is 17.2. The molecule has 8 nitrogen and oxygen atoms in total. The predicted octanol–water partition coefficient (Wildman–Crippen LogP) is 1.24. The molecule has 0 aliphatic carbocycles. The molecule has 1 aromatic heterocycles. The fraction of sp³-hybridized carbons (Fsp3) is 0.154. The Bertz CT molecular complexity index is 827. The van der Waals surface area contributed by atoms with Crippen LogP contribution in [0.3, 0.4) is 0 Å². The molecule has 23 heavy (non-hydrogen) atoms. The number of carboxylic acid groups (broad SMARTS) is 1. The van der Waals surface area contributed by atoms with Crippen LogP contribution in [0, 0.1) is 0 Å². The number of aliphatic carboxylic acids is 1. The molecule has 0 saturated heterocycles. The molecule has 2 aromatic rings. The molecule has 124 valence electrons. The molecular weight excluding hydrogens is 394 g/mol. The number of hydrogen-bond donors (Lipinski definition) is 3. The third kappa shape index (κ3) is 3.77. The topological polar surface area (TPSA) is 126 Å². The standard InChI is InChI=1S/C13H12BrNO7S/c14-7-8-1-3-10(4-2-8)23(20,21)22-15-11(16)5-9(13(15)19)6-12(17)18/h1-5,16,19H,6-7H2,(H,17,18). The maximum absolute atomic E-state index is 12.1. The Kier molecular flexibility index (Phi) is 4.85. The van der Waals surface area contributed by atoms with Crippen molar-refractivity contribution in [1.29, 1.82) is 0 Å². The van der Waals surface area contributed by atoms with Crippen molar-refractivity contribution in [2.75, 3.05) is 0 Å². The highest BCUT2D eigenvalue weighted by Gasteiger charge is 2.24. The van der Waals surface area contributed by atoms with Gasteiger partial charge in [-0.2, -0.15) is 8.42 Å². The van der Waals surface area contributed by atoms with E-state index in [9.17, 15) is 23.4 Å². The minimum Gasteiger partial charge on any atom is -0.492 e. The highest BCUT2D eigenvalue weighted by atomic mass is 79.9. The minimum atomic E-state index is -4.32. The quantitative estimate of drug-likeness (QED) is 0.616. The molecule has 1 aromatic carbocycles. The highest BCUT2D eigenvalue weighted by molar-refractivity contribution is 9.08. The molecule has 0 fully saturated rings. The van der Waals surface area contributed by atoms with E-state index in [4.69, 9.17) is 5.11 Å². The molecule has 0 saturated carbocycles. The van der Waals surface area contributed by atoms with Gasteiger partial charge >= 0.3 is 16.1 Å². The van der Waals surface area contributed by atoms with Gasteiger partial charge in [0.15, 0.2) is 0 Å². The average Bonchev–Trinajstić information content (AvgIpc) is 2.74. The molecule has 0 aliphatic heterocycles. The number of nitrogens with zero attached hydrogens (tertiary/aromatic N) is 1. The Balaban J connectivity index is 2.33. The number of halogens is 1. The summed E-state index contributed by atoms with van der Waals surface area (Å²) in [5.74, 6) is -2.80. The first kappa shape index (κ1) is 17.2. The van der Waals surface area contributed by atoms with Crippen molar-refractivity contribution in [1.82, 2.24) is 4.73 Å². The summed E-state index contributed by atoms with van der Waals surface area (Å²) in [6.45, 7) is 0. The van der Waals surface area contributed by atoms with Gasteiger partial charge in [0.05, 0.1) is 6.42 Å². The van der Waals surface area contributed by atoms with E-state index >= 15 is 0 Å². The lowest BCUT2D eigenvalue weighted by atomic mass is 10.2. The zero-order valence-electron chi connectivity index (χ0n) is 11.5. The molecule has 0 bridgehead atoms. The van der Waals surface area contributed by atoms with Gasteiger partial charge in [0, 0.05) is 17.0 Å². The van der Waals surface area contributed by atoms with Crippen LogP contribution in [0.4, 0.5) is 0 Å². The van der Waals surface area contributed by atoms with E-state index < -0.39 is 34.3 Å². The summed E-state index contributed by atoms with van der Waals surface area (Å²) in [7, 11) is -4.32. The number of aromatic nitrogens is 1. The van der Waals surface area contributed by atoms with Crippen LogP contribution in [0.1, 0.15) is 11.1 Å². The Hall–Kier alpha value is -2.20. The third-order valence-corrected chi connectivity index (χ3v) is 4.71. The van der Waals surface area contributed by atoms with Crippen molar-refractivity contribution >= 4 is 32.0 Å². The lowest BCUT2D eigenvalue weighted by molar-refractivity contribution is -0.136. The molecule has 0 spiro atoms. The molecule has 0 radical (unpaired) electrons. The summed E-state index contributed by atoms with van der Waals surface area (Å²) in [4.78, 5) is 10.5. The summed E-state index contributed by atoms with van der Waals surface area (Å²) in [6.07, 6.45) is -0.601. The molecule has 2 rings (SSSR count). The lowest BCUT2D eigenvalue weighted by Crippen LogP contribution is -2.19. The molecule has 10 heteroatoms. The zero-order valence-corrected chi connectivity index (χ0v) is 13.9. The van der Waals surface area contributed by atoms with Crippen LogP contribution in [0.15, 0.2) is 35.2 Å². The molecular formula is C13H12BrNO7S. The van der Waals surface area contributed by atoms with E-state index in [1.165, 1.54) is 12.1 Å². The number of rotatable bonds is 6. The van der Waals surface area contributed by atoms with E-state index in [1.807, 2.05) is 0 Å². The fourth-order valence-corrected chi connectivity index (χ4v) is 3.04. The summed E-state index contributed by atoms with van der Waals surface area (Å²) in [6, 6.07) is 6.66. The van der Waals surface area contributed by atoms with E-state index in [2.05, 4.69) is 20.2 Å². The summed E-state index contributed by atoms with van der Waals surface area (Å²) < 4.78 is 29.2. The van der Waals surface area contributed by atoms with E-state index in [-0.39, 0.29) is 15.2 Å². The Labute approximate surface area is 139 Å². The fourth-order valence-electron chi connectivity index (χ4n) is 1.77. The predicted molar refractivity (Wildman–Crippen MR) is 81.9 cm³/mol. The van der Waals surface area contributed by atoms with Crippen molar-refractivity contribution in [2.45, 2.75) is 16.6 Å². The van der Waals surface area contributed by atoms with Crippen LogP contribution >= 0.6 is 15.9 Å². The maximum atomic E-state index is 12.1. The maximum Gasteiger partial charge on any atom is 0.357 e. The normalized spacial score (nSPS) is 11.3. The second kappa shape index (κ2) is 6.50. The van der Waals surface area contributed by atoms with Crippen molar-refractivity contribution in [2.24, 2.45) is 0 Å². The number of benzene rings is 1. The van der Waals surface area contributed by atoms with Crippen LogP contribution in [0.5, 0.6) is 11.8 Å². The van der Waals surface area contributed by atoms with Gasteiger partial charge in [0.2, 0.25) is 11.8 Å². The van der Waals surface area contributed by atoms with Crippen LogP contribution in [0.2, 0.25) is 0 Å². The largest absolute Gasteiger partial charge is 0.492 e. The minimum absolute atomic E-state index is 0.181. The van der Waals surface area contributed by atoms with E-state index in [0.29, 0.717) is 5.33 Å². The van der Waals surface area contributed by atoms with Crippen LogP contribution in [-0.4, -0.2) is 34.4 Å². The number of hydrogen-bond acceptors (Lipinski definition) is 6. The second-order valence-corrected chi connectivity index (χ2v) is 6.61. The van der Waals surface area contributed by atoms with Gasteiger partial charge in [0.1, 0.15) is 4.90 Å². The van der Waals surface area contributed by atoms with Gasteiger partial charge in [-0.05, 0) is 17.7 Å². The number of carboxylic acids is 1. The van der Waals surface area contributed by atoms with Crippen molar-refractivity contribution in [3.63, 3.8) is 0 Å². The summed E-state index contributed by atoms with van der Waals surface area (Å²) >= 11 is 3.23. The Morgan fingerprint density at radius 1 is 1.22 bits per heavy atom. The first-order valence-corrected chi connectivity index (χ1v) is 8.72. The number of aromatic hydroxyl groups is 2. The van der Waals surface area contributed by atoms with Gasteiger partial charge in [-0.3, -0.25) is 9.08 Å². The Morgan fingerprint density at radius 2 is 1.83 bits per heavy atom. The van der Waals surface area contributed by atoms with E-state index in [1.54, 1.807) is 12.1 Å². The van der Waals surface area contributed by atoms with Gasteiger partial charge in [-0.25, -0.2) is 0 Å². The van der Waals surface area contributed by atoms with Crippen LogP contribution in [0.25, 0.3) is 0 Å². The van der Waals surface area contributed by atoms with E-state index in [0.717, 1.165) is 11.6 Å². The monoisotopic (exact) mass is 405 g/mol.